The van der Waals surface area contributed by atoms with Crippen molar-refractivity contribution in [3.8, 4) is 0 Å². The lowest BCUT2D eigenvalue weighted by Gasteiger charge is -2.18. The third kappa shape index (κ3) is 5.58. The standard InChI is InChI=1S/C13H24N2O2S2/c1-9(2)14-7-10-12(13(3,4)5)15-11(18-10)8-19(6,16)17/h9,14H,7-8H2,1-6H3. The van der Waals surface area contributed by atoms with Gasteiger partial charge >= 0.3 is 0 Å². The maximum atomic E-state index is 11.4. The molecule has 4 nitrogen and oxygen atoms in total. The molecule has 0 aliphatic heterocycles. The van der Waals surface area contributed by atoms with Crippen molar-refractivity contribution in [3.05, 3.63) is 15.6 Å². The van der Waals surface area contributed by atoms with Gasteiger partial charge in [0.15, 0.2) is 9.84 Å². The molecule has 6 heteroatoms. The molecule has 0 aromatic carbocycles. The number of sulfone groups is 1. The summed E-state index contributed by atoms with van der Waals surface area (Å²) in [4.78, 5) is 5.68. The fraction of sp³-hybridized carbons (Fsp3) is 0.769. The van der Waals surface area contributed by atoms with Crippen molar-refractivity contribution >= 4 is 21.2 Å². The molecule has 0 aliphatic carbocycles. The van der Waals surface area contributed by atoms with Crippen molar-refractivity contribution in [2.75, 3.05) is 6.26 Å². The van der Waals surface area contributed by atoms with E-state index < -0.39 is 9.84 Å². The third-order valence-electron chi connectivity index (χ3n) is 2.51. The Morgan fingerprint density at radius 1 is 1.32 bits per heavy atom. The lowest BCUT2D eigenvalue weighted by atomic mass is 9.91. The Balaban J connectivity index is 3.06. The summed E-state index contributed by atoms with van der Waals surface area (Å²) in [6.45, 7) is 11.2. The van der Waals surface area contributed by atoms with Crippen LogP contribution in [0.1, 0.15) is 50.2 Å². The van der Waals surface area contributed by atoms with Crippen LogP contribution in [0.5, 0.6) is 0 Å². The Hall–Kier alpha value is -0.460. The Morgan fingerprint density at radius 3 is 2.32 bits per heavy atom. The zero-order valence-corrected chi connectivity index (χ0v) is 14.2. The maximum absolute atomic E-state index is 11.4. The van der Waals surface area contributed by atoms with Crippen molar-refractivity contribution in [2.24, 2.45) is 0 Å². The molecule has 0 saturated heterocycles. The smallest absolute Gasteiger partial charge is 0.153 e. The minimum Gasteiger partial charge on any atom is -0.310 e. The summed E-state index contributed by atoms with van der Waals surface area (Å²) in [5.74, 6) is 0.0302. The van der Waals surface area contributed by atoms with E-state index in [1.165, 1.54) is 17.6 Å². The van der Waals surface area contributed by atoms with Crippen LogP contribution in [-0.2, 0) is 27.5 Å². The lowest BCUT2D eigenvalue weighted by Crippen LogP contribution is -2.23. The lowest BCUT2D eigenvalue weighted by molar-refractivity contribution is 0.545. The van der Waals surface area contributed by atoms with E-state index >= 15 is 0 Å². The summed E-state index contributed by atoms with van der Waals surface area (Å²) < 4.78 is 22.8. The highest BCUT2D eigenvalue weighted by atomic mass is 32.2. The highest BCUT2D eigenvalue weighted by molar-refractivity contribution is 7.90. The Labute approximate surface area is 120 Å². The number of nitrogens with one attached hydrogen (secondary N) is 1. The minimum atomic E-state index is -3.03. The van der Waals surface area contributed by atoms with Gasteiger partial charge in [0.1, 0.15) is 10.8 Å². The van der Waals surface area contributed by atoms with E-state index in [-0.39, 0.29) is 11.2 Å². The van der Waals surface area contributed by atoms with Gasteiger partial charge in [0.2, 0.25) is 0 Å². The summed E-state index contributed by atoms with van der Waals surface area (Å²) in [5.41, 5.74) is 0.935. The van der Waals surface area contributed by atoms with Gasteiger partial charge in [-0.25, -0.2) is 13.4 Å². The first kappa shape index (κ1) is 16.6. The molecule has 1 aromatic heterocycles. The summed E-state index contributed by atoms with van der Waals surface area (Å²) in [7, 11) is -3.03. The van der Waals surface area contributed by atoms with E-state index in [1.807, 2.05) is 0 Å². The Bertz CT molecular complexity index is 525. The number of nitrogens with zero attached hydrogens (tertiary/aromatic N) is 1. The molecule has 1 rings (SSSR count). The van der Waals surface area contributed by atoms with Crippen LogP contribution in [0.15, 0.2) is 0 Å². The monoisotopic (exact) mass is 304 g/mol. The van der Waals surface area contributed by atoms with Gasteiger partial charge < -0.3 is 5.32 Å². The second kappa shape index (κ2) is 5.89. The third-order valence-corrected chi connectivity index (χ3v) is 4.54. The summed E-state index contributed by atoms with van der Waals surface area (Å²) in [5, 5.41) is 4.06. The van der Waals surface area contributed by atoms with Crippen molar-refractivity contribution in [1.29, 1.82) is 0 Å². The van der Waals surface area contributed by atoms with Crippen molar-refractivity contribution in [3.63, 3.8) is 0 Å². The zero-order chi connectivity index (χ0) is 14.8. The van der Waals surface area contributed by atoms with Crippen LogP contribution in [0.2, 0.25) is 0 Å². The van der Waals surface area contributed by atoms with Crippen LogP contribution in [0.3, 0.4) is 0 Å². The fourth-order valence-corrected chi connectivity index (χ4v) is 4.11. The van der Waals surface area contributed by atoms with Gasteiger partial charge in [0.05, 0.1) is 5.69 Å². The highest BCUT2D eigenvalue weighted by Gasteiger charge is 2.24. The molecule has 0 radical (unpaired) electrons. The molecule has 110 valence electrons. The molecule has 0 fully saturated rings. The zero-order valence-electron chi connectivity index (χ0n) is 12.6. The summed E-state index contributed by atoms with van der Waals surface area (Å²) in [6, 6.07) is 0.397. The predicted molar refractivity (Wildman–Crippen MR) is 81.3 cm³/mol. The molecule has 1 N–H and O–H groups in total. The van der Waals surface area contributed by atoms with Crippen LogP contribution < -0.4 is 5.32 Å². The number of hydrogen-bond donors (Lipinski definition) is 1. The first-order chi connectivity index (χ1) is 8.49. The predicted octanol–water partition coefficient (Wildman–Crippen LogP) is 2.48. The van der Waals surface area contributed by atoms with E-state index in [0.717, 1.165) is 17.1 Å². The Kier molecular flexibility index (Phi) is 5.15. The van der Waals surface area contributed by atoms with E-state index in [4.69, 9.17) is 0 Å². The first-order valence-electron chi connectivity index (χ1n) is 6.39. The molecule has 1 heterocycles. The molecule has 0 saturated carbocycles. The van der Waals surface area contributed by atoms with Crippen molar-refractivity contribution in [2.45, 2.75) is 58.4 Å². The SMILES string of the molecule is CC(C)NCc1sc(CS(C)(=O)=O)nc1C(C)(C)C. The van der Waals surface area contributed by atoms with E-state index in [0.29, 0.717) is 11.0 Å². The van der Waals surface area contributed by atoms with E-state index in [2.05, 4.69) is 44.9 Å². The van der Waals surface area contributed by atoms with Gasteiger partial charge in [0, 0.05) is 29.1 Å². The fourth-order valence-electron chi connectivity index (χ4n) is 1.69. The molecule has 19 heavy (non-hydrogen) atoms. The first-order valence-corrected chi connectivity index (χ1v) is 9.27. The molecule has 1 aromatic rings. The molecule has 0 spiro atoms. The number of thiazole rings is 1. The van der Waals surface area contributed by atoms with Gasteiger partial charge in [-0.05, 0) is 0 Å². The molecule has 0 bridgehead atoms. The normalized spacial score (nSPS) is 13.2. The second-order valence-corrected chi connectivity index (χ2v) is 9.54. The van der Waals surface area contributed by atoms with Crippen molar-refractivity contribution < 1.29 is 8.42 Å². The van der Waals surface area contributed by atoms with Crippen LogP contribution in [0.4, 0.5) is 0 Å². The van der Waals surface area contributed by atoms with Crippen LogP contribution in [-0.4, -0.2) is 25.7 Å². The minimum absolute atomic E-state index is 0.0302. The van der Waals surface area contributed by atoms with E-state index in [1.54, 1.807) is 0 Å². The molecular formula is C13H24N2O2S2. The van der Waals surface area contributed by atoms with Crippen molar-refractivity contribution in [1.82, 2.24) is 10.3 Å². The maximum Gasteiger partial charge on any atom is 0.153 e. The number of aromatic nitrogens is 1. The molecule has 0 amide bonds. The highest BCUT2D eigenvalue weighted by Crippen LogP contribution is 2.30. The quantitative estimate of drug-likeness (QED) is 0.908. The largest absolute Gasteiger partial charge is 0.310 e. The van der Waals surface area contributed by atoms with Gasteiger partial charge in [-0.15, -0.1) is 11.3 Å². The molecule has 0 aliphatic rings. The summed E-state index contributed by atoms with van der Waals surface area (Å²) in [6.07, 6.45) is 1.25. The summed E-state index contributed by atoms with van der Waals surface area (Å²) >= 11 is 1.50. The molecule has 0 atom stereocenters. The molecule has 0 unspecified atom stereocenters. The van der Waals surface area contributed by atoms with Crippen LogP contribution in [0.25, 0.3) is 0 Å². The van der Waals surface area contributed by atoms with Gasteiger partial charge in [-0.1, -0.05) is 34.6 Å². The average Bonchev–Trinajstić information content (AvgIpc) is 2.54. The number of hydrogen-bond acceptors (Lipinski definition) is 5. The van der Waals surface area contributed by atoms with Crippen LogP contribution >= 0.6 is 11.3 Å². The second-order valence-electron chi connectivity index (χ2n) is 6.24. The average molecular weight is 304 g/mol. The van der Waals surface area contributed by atoms with Gasteiger partial charge in [0.25, 0.3) is 0 Å². The molecular weight excluding hydrogens is 280 g/mol. The van der Waals surface area contributed by atoms with Gasteiger partial charge in [-0.2, -0.15) is 0 Å². The van der Waals surface area contributed by atoms with Crippen LogP contribution in [0, 0.1) is 0 Å². The number of rotatable bonds is 5. The Morgan fingerprint density at radius 2 is 1.89 bits per heavy atom. The topological polar surface area (TPSA) is 59.1 Å². The van der Waals surface area contributed by atoms with E-state index in [9.17, 15) is 8.42 Å². The van der Waals surface area contributed by atoms with Gasteiger partial charge in [-0.3, -0.25) is 0 Å².